The van der Waals surface area contributed by atoms with E-state index in [0.717, 1.165) is 24.0 Å². The molecule has 4 heterocycles. The van der Waals surface area contributed by atoms with Crippen molar-refractivity contribution in [3.05, 3.63) is 36.8 Å². The zero-order valence-corrected chi connectivity index (χ0v) is 24.5. The third-order valence-electron chi connectivity index (χ3n) is 7.63. The summed E-state index contributed by atoms with van der Waals surface area (Å²) in [6.07, 6.45) is 6.34. The zero-order chi connectivity index (χ0) is 29.3. The summed E-state index contributed by atoms with van der Waals surface area (Å²) in [6, 6.07) is 4.62. The average molecular weight is 568 g/mol. The lowest BCUT2D eigenvalue weighted by Gasteiger charge is -2.51. The Balaban J connectivity index is 1.35. The van der Waals surface area contributed by atoms with Crippen LogP contribution >= 0.6 is 0 Å². The molecule has 2 aromatic heterocycles. The van der Waals surface area contributed by atoms with Gasteiger partial charge in [0, 0.05) is 44.6 Å². The number of methoxy groups -OCH3 is 1. The number of anilines is 1. The lowest BCUT2D eigenvalue weighted by atomic mass is 9.80. The van der Waals surface area contributed by atoms with E-state index in [1.807, 2.05) is 52.2 Å². The Bertz CT molecular complexity index is 1360. The van der Waals surface area contributed by atoms with Gasteiger partial charge in [0.25, 0.3) is 0 Å². The van der Waals surface area contributed by atoms with E-state index in [4.69, 9.17) is 14.2 Å². The van der Waals surface area contributed by atoms with E-state index >= 15 is 4.39 Å². The molecule has 4 atom stereocenters. The topological polar surface area (TPSA) is 108 Å². The highest BCUT2D eigenvalue weighted by Gasteiger charge is 2.50. The number of piperidine rings is 2. The SMILES string of the molecule is COCOc1cc(-c2cnn(C)c2)ccc1-c1cnc(N(C)[C@@H]2C[C@H]3CCC[C@@H]([C@@H]2F)N3C(=O)OC(C)(C)C)nn1. The molecule has 0 unspecified atom stereocenters. The highest BCUT2D eigenvalue weighted by atomic mass is 19.1. The Kier molecular flexibility index (Phi) is 8.12. The molecule has 0 spiro atoms. The highest BCUT2D eigenvalue weighted by molar-refractivity contribution is 5.74. The van der Waals surface area contributed by atoms with Crippen LogP contribution in [0.25, 0.3) is 22.4 Å². The maximum atomic E-state index is 16.0. The first-order chi connectivity index (χ1) is 19.6. The van der Waals surface area contributed by atoms with Crippen molar-refractivity contribution in [2.45, 2.75) is 76.4 Å². The number of halogens is 1. The van der Waals surface area contributed by atoms with E-state index < -0.39 is 29.9 Å². The number of carbonyl (C=O) groups is 1. The van der Waals surface area contributed by atoms with Crippen molar-refractivity contribution < 1.29 is 23.4 Å². The number of alkyl halides is 1. The Morgan fingerprint density at radius 1 is 1.17 bits per heavy atom. The molecule has 12 heteroatoms. The molecular formula is C29H38FN7O4. The molecule has 2 saturated heterocycles. The van der Waals surface area contributed by atoms with Gasteiger partial charge < -0.3 is 19.1 Å². The predicted octanol–water partition coefficient (Wildman–Crippen LogP) is 4.63. The molecule has 0 saturated carbocycles. The lowest BCUT2D eigenvalue weighted by molar-refractivity contribution is -0.0468. The number of carbonyl (C=O) groups excluding carboxylic acids is 1. The number of hydrogen-bond donors (Lipinski definition) is 0. The quantitative estimate of drug-likeness (QED) is 0.378. The van der Waals surface area contributed by atoms with Gasteiger partial charge in [0.1, 0.15) is 23.2 Å². The molecule has 0 aliphatic carbocycles. The standard InChI is InChI=1S/C29H38FN7O4/c1-29(2,3)41-28(38)37-20-8-7-9-23(37)26(30)24(13-20)36(5)27-31-15-22(33-34-27)21-11-10-18(12-25(21)40-17-39-6)19-14-32-35(4)16-19/h10-12,14-16,20,23-24,26H,7-9,13,17H2,1-6H3/t20-,23+,24-,26+/m1/s1. The minimum atomic E-state index is -1.28. The molecule has 2 aliphatic heterocycles. The van der Waals surface area contributed by atoms with Crippen molar-refractivity contribution in [1.82, 2.24) is 29.9 Å². The van der Waals surface area contributed by atoms with Crippen LogP contribution < -0.4 is 9.64 Å². The van der Waals surface area contributed by atoms with Gasteiger partial charge in [-0.05, 0) is 64.2 Å². The minimum absolute atomic E-state index is 0.0629. The Hall–Kier alpha value is -3.80. The van der Waals surface area contributed by atoms with Gasteiger partial charge in [0.2, 0.25) is 5.95 Å². The van der Waals surface area contributed by atoms with Crippen LogP contribution in [0.1, 0.15) is 46.5 Å². The second kappa shape index (κ2) is 11.6. The van der Waals surface area contributed by atoms with Gasteiger partial charge in [-0.15, -0.1) is 10.2 Å². The summed E-state index contributed by atoms with van der Waals surface area (Å²) < 4.78 is 34.3. The number of ether oxygens (including phenoxy) is 3. The van der Waals surface area contributed by atoms with Crippen LogP contribution in [0.3, 0.4) is 0 Å². The van der Waals surface area contributed by atoms with Gasteiger partial charge in [-0.25, -0.2) is 14.2 Å². The predicted molar refractivity (Wildman–Crippen MR) is 151 cm³/mol. The van der Waals surface area contributed by atoms with Crippen LogP contribution in [-0.2, 0) is 16.5 Å². The minimum Gasteiger partial charge on any atom is -0.467 e. The summed E-state index contributed by atoms with van der Waals surface area (Å²) in [4.78, 5) is 20.9. The number of amides is 1. The number of nitrogens with zero attached hydrogens (tertiary/aromatic N) is 7. The molecule has 3 aromatic rings. The van der Waals surface area contributed by atoms with Crippen LogP contribution in [0.5, 0.6) is 5.75 Å². The third-order valence-corrected chi connectivity index (χ3v) is 7.63. The molecule has 2 aliphatic rings. The van der Waals surface area contributed by atoms with Crippen molar-refractivity contribution in [1.29, 1.82) is 0 Å². The fourth-order valence-corrected chi connectivity index (χ4v) is 5.72. The molecule has 1 amide bonds. The molecule has 41 heavy (non-hydrogen) atoms. The molecule has 11 nitrogen and oxygen atoms in total. The van der Waals surface area contributed by atoms with E-state index in [1.165, 1.54) is 0 Å². The number of hydrogen-bond acceptors (Lipinski definition) is 9. The van der Waals surface area contributed by atoms with Gasteiger partial charge >= 0.3 is 6.09 Å². The summed E-state index contributed by atoms with van der Waals surface area (Å²) in [5, 5.41) is 13.0. The Morgan fingerprint density at radius 2 is 1.98 bits per heavy atom. The first kappa shape index (κ1) is 28.7. The van der Waals surface area contributed by atoms with E-state index in [2.05, 4.69) is 20.3 Å². The highest BCUT2D eigenvalue weighted by Crippen LogP contribution is 2.39. The average Bonchev–Trinajstić information content (AvgIpc) is 3.38. The summed E-state index contributed by atoms with van der Waals surface area (Å²) in [6.45, 7) is 5.53. The molecule has 0 radical (unpaired) electrons. The summed E-state index contributed by atoms with van der Waals surface area (Å²) in [7, 11) is 5.20. The maximum Gasteiger partial charge on any atom is 0.410 e. The molecular weight excluding hydrogens is 529 g/mol. The smallest absolute Gasteiger partial charge is 0.410 e. The number of fused-ring (bicyclic) bond motifs is 2. The van der Waals surface area contributed by atoms with Gasteiger partial charge in [-0.3, -0.25) is 9.58 Å². The van der Waals surface area contributed by atoms with Crippen LogP contribution in [0.2, 0.25) is 0 Å². The summed E-state index contributed by atoms with van der Waals surface area (Å²) in [5.41, 5.74) is 2.46. The van der Waals surface area contributed by atoms with Crippen molar-refractivity contribution in [3.8, 4) is 28.1 Å². The number of aromatic nitrogens is 5. The number of benzene rings is 1. The third kappa shape index (κ3) is 6.12. The number of rotatable bonds is 7. The zero-order valence-electron chi connectivity index (χ0n) is 24.5. The fraction of sp³-hybridized carbons (Fsp3) is 0.552. The molecule has 1 aromatic carbocycles. The molecule has 220 valence electrons. The van der Waals surface area contributed by atoms with Crippen LogP contribution in [0.15, 0.2) is 36.8 Å². The van der Waals surface area contributed by atoms with E-state index in [-0.39, 0.29) is 12.8 Å². The van der Waals surface area contributed by atoms with E-state index in [9.17, 15) is 4.79 Å². The van der Waals surface area contributed by atoms with Crippen LogP contribution in [0, 0.1) is 0 Å². The van der Waals surface area contributed by atoms with Crippen molar-refractivity contribution in [3.63, 3.8) is 0 Å². The fourth-order valence-electron chi connectivity index (χ4n) is 5.72. The van der Waals surface area contributed by atoms with Gasteiger partial charge in [0.05, 0.1) is 24.5 Å². The largest absolute Gasteiger partial charge is 0.467 e. The number of aryl methyl sites for hydroxylation is 1. The molecule has 2 fully saturated rings. The second-order valence-electron chi connectivity index (χ2n) is 11.7. The summed E-state index contributed by atoms with van der Waals surface area (Å²) >= 11 is 0. The Labute approximate surface area is 239 Å². The monoisotopic (exact) mass is 567 g/mol. The van der Waals surface area contributed by atoms with Crippen molar-refractivity contribution in [2.24, 2.45) is 7.05 Å². The van der Waals surface area contributed by atoms with Crippen molar-refractivity contribution >= 4 is 12.0 Å². The first-order valence-corrected chi connectivity index (χ1v) is 13.9. The van der Waals surface area contributed by atoms with Gasteiger partial charge in [-0.2, -0.15) is 5.10 Å². The van der Waals surface area contributed by atoms with Gasteiger partial charge in [0.15, 0.2) is 6.79 Å². The first-order valence-electron chi connectivity index (χ1n) is 13.9. The van der Waals surface area contributed by atoms with E-state index in [0.29, 0.717) is 35.8 Å². The van der Waals surface area contributed by atoms with E-state index in [1.54, 1.807) is 41.0 Å². The summed E-state index contributed by atoms with van der Waals surface area (Å²) in [5.74, 6) is 0.883. The molecule has 2 bridgehead atoms. The van der Waals surface area contributed by atoms with Gasteiger partial charge in [-0.1, -0.05) is 6.07 Å². The van der Waals surface area contributed by atoms with Crippen LogP contribution in [0.4, 0.5) is 15.1 Å². The Morgan fingerprint density at radius 3 is 2.63 bits per heavy atom. The maximum absolute atomic E-state index is 16.0. The lowest BCUT2D eigenvalue weighted by Crippen LogP contribution is -2.65. The van der Waals surface area contributed by atoms with Crippen LogP contribution in [-0.4, -0.2) is 86.8 Å². The van der Waals surface area contributed by atoms with Crippen molar-refractivity contribution in [2.75, 3.05) is 25.9 Å². The molecule has 0 N–H and O–H groups in total. The normalized spacial score (nSPS) is 22.4. The second-order valence-corrected chi connectivity index (χ2v) is 11.7. The molecule has 5 rings (SSSR count).